The third-order valence-electron chi connectivity index (χ3n) is 4.54. The maximum atomic E-state index is 11.4. The van der Waals surface area contributed by atoms with Crippen molar-refractivity contribution in [2.24, 2.45) is 0 Å². The number of carboxylic acids is 1. The van der Waals surface area contributed by atoms with E-state index in [0.29, 0.717) is 0 Å². The van der Waals surface area contributed by atoms with E-state index in [0.717, 1.165) is 55.4 Å². The van der Waals surface area contributed by atoms with Crippen LogP contribution in [-0.2, 0) is 13.1 Å². The summed E-state index contributed by atoms with van der Waals surface area (Å²) in [6, 6.07) is 10.0. The molecule has 0 spiro atoms. The highest BCUT2D eigenvalue weighted by atomic mass is 16.4. The highest BCUT2D eigenvalue weighted by molar-refractivity contribution is 5.96. The number of unbranched alkanes of at least 4 members (excludes halogenated alkanes) is 2. The van der Waals surface area contributed by atoms with E-state index < -0.39 is 5.97 Å². The van der Waals surface area contributed by atoms with Crippen molar-refractivity contribution in [2.75, 3.05) is 0 Å². The Labute approximate surface area is 147 Å². The lowest BCUT2D eigenvalue weighted by atomic mass is 10.1. The zero-order valence-corrected chi connectivity index (χ0v) is 14.9. The summed E-state index contributed by atoms with van der Waals surface area (Å²) >= 11 is 0. The fourth-order valence-corrected chi connectivity index (χ4v) is 3.18. The molecule has 0 unspecified atom stereocenters. The normalized spacial score (nSPS) is 11.3. The molecule has 3 aromatic rings. The number of aryl methyl sites for hydroxylation is 2. The summed E-state index contributed by atoms with van der Waals surface area (Å²) < 4.78 is 4.12. The maximum Gasteiger partial charge on any atom is 0.356 e. The first kappa shape index (κ1) is 17.3. The van der Waals surface area contributed by atoms with Crippen LogP contribution in [-0.4, -0.2) is 25.4 Å². The van der Waals surface area contributed by atoms with Crippen molar-refractivity contribution < 1.29 is 9.90 Å². The van der Waals surface area contributed by atoms with Crippen molar-refractivity contribution in [3.05, 3.63) is 42.2 Å². The van der Waals surface area contributed by atoms with Gasteiger partial charge in [-0.25, -0.2) is 4.79 Å². The number of para-hydroxylation sites is 1. The van der Waals surface area contributed by atoms with E-state index in [-0.39, 0.29) is 5.69 Å². The number of hydrogen-bond donors (Lipinski definition) is 1. The molecule has 5 nitrogen and oxygen atoms in total. The average molecular weight is 339 g/mol. The van der Waals surface area contributed by atoms with Crippen molar-refractivity contribution in [3.63, 3.8) is 0 Å². The van der Waals surface area contributed by atoms with Crippen LogP contribution in [0.1, 0.15) is 50.0 Å². The van der Waals surface area contributed by atoms with E-state index in [9.17, 15) is 9.90 Å². The van der Waals surface area contributed by atoms with Gasteiger partial charge in [0.25, 0.3) is 0 Å². The van der Waals surface area contributed by atoms with Crippen LogP contribution in [0.4, 0.5) is 0 Å². The smallest absolute Gasteiger partial charge is 0.356 e. The van der Waals surface area contributed by atoms with Crippen molar-refractivity contribution in [1.29, 1.82) is 0 Å². The van der Waals surface area contributed by atoms with E-state index in [1.807, 2.05) is 16.8 Å². The lowest BCUT2D eigenvalue weighted by Crippen LogP contribution is -2.04. The minimum Gasteiger partial charge on any atom is -0.476 e. The third-order valence-corrected chi connectivity index (χ3v) is 4.54. The number of rotatable bonds is 8. The molecule has 0 amide bonds. The number of nitrogens with zero attached hydrogens (tertiary/aromatic N) is 3. The Bertz CT molecular complexity index is 876. The molecule has 0 bridgehead atoms. The SMILES string of the molecule is CCCCn1nc(C(=O)O)cc1-c1cn(CCCC)c2ccccc12. The fraction of sp³-hybridized carbons (Fsp3) is 0.400. The van der Waals surface area contributed by atoms with Gasteiger partial charge in [-0.3, -0.25) is 4.68 Å². The summed E-state index contributed by atoms with van der Waals surface area (Å²) in [5.41, 5.74) is 3.24. The molecular formula is C20H25N3O2. The van der Waals surface area contributed by atoms with Crippen LogP contribution < -0.4 is 0 Å². The fourth-order valence-electron chi connectivity index (χ4n) is 3.18. The Morgan fingerprint density at radius 3 is 2.56 bits per heavy atom. The van der Waals surface area contributed by atoms with Crippen LogP contribution in [0.25, 0.3) is 22.2 Å². The van der Waals surface area contributed by atoms with Gasteiger partial charge in [-0.15, -0.1) is 0 Å². The molecule has 0 saturated carbocycles. The second kappa shape index (κ2) is 7.55. The third kappa shape index (κ3) is 3.45. The summed E-state index contributed by atoms with van der Waals surface area (Å²) in [5, 5.41) is 14.8. The number of carboxylic acid groups (broad SMARTS) is 1. The van der Waals surface area contributed by atoms with Gasteiger partial charge in [0.15, 0.2) is 5.69 Å². The molecule has 2 aromatic heterocycles. The summed E-state index contributed by atoms with van der Waals surface area (Å²) in [5.74, 6) is -0.980. The number of benzene rings is 1. The van der Waals surface area contributed by atoms with Crippen LogP contribution in [0.15, 0.2) is 36.5 Å². The summed E-state index contributed by atoms with van der Waals surface area (Å²) in [4.78, 5) is 11.4. The Balaban J connectivity index is 2.13. The summed E-state index contributed by atoms with van der Waals surface area (Å²) in [6.07, 6.45) is 6.42. The van der Waals surface area contributed by atoms with E-state index in [4.69, 9.17) is 0 Å². The molecule has 25 heavy (non-hydrogen) atoms. The van der Waals surface area contributed by atoms with E-state index >= 15 is 0 Å². The minimum atomic E-state index is -0.980. The molecule has 0 fully saturated rings. The molecule has 3 rings (SSSR count). The van der Waals surface area contributed by atoms with Gasteiger partial charge in [0.2, 0.25) is 0 Å². The topological polar surface area (TPSA) is 60.1 Å². The van der Waals surface area contributed by atoms with E-state index in [1.54, 1.807) is 6.07 Å². The van der Waals surface area contributed by atoms with Gasteiger partial charge in [-0.1, -0.05) is 44.9 Å². The Morgan fingerprint density at radius 1 is 1.12 bits per heavy atom. The van der Waals surface area contributed by atoms with Crippen LogP contribution >= 0.6 is 0 Å². The van der Waals surface area contributed by atoms with Gasteiger partial charge in [0.05, 0.1) is 5.69 Å². The Kier molecular flexibility index (Phi) is 5.22. The van der Waals surface area contributed by atoms with Crippen LogP contribution in [0.5, 0.6) is 0 Å². The summed E-state index contributed by atoms with van der Waals surface area (Å²) in [7, 11) is 0. The van der Waals surface area contributed by atoms with Crippen molar-refractivity contribution in [2.45, 2.75) is 52.6 Å². The molecule has 2 heterocycles. The molecule has 0 saturated heterocycles. The van der Waals surface area contributed by atoms with Crippen molar-refractivity contribution in [1.82, 2.24) is 14.3 Å². The number of hydrogen-bond acceptors (Lipinski definition) is 2. The first-order valence-electron chi connectivity index (χ1n) is 9.05. The number of carbonyl (C=O) groups is 1. The van der Waals surface area contributed by atoms with Gasteiger partial charge >= 0.3 is 5.97 Å². The number of aromatic nitrogens is 3. The number of aromatic carboxylic acids is 1. The van der Waals surface area contributed by atoms with E-state index in [2.05, 4.69) is 41.8 Å². The molecular weight excluding hydrogens is 314 g/mol. The lowest BCUT2D eigenvalue weighted by Gasteiger charge is -2.05. The lowest BCUT2D eigenvalue weighted by molar-refractivity contribution is 0.0689. The quantitative estimate of drug-likeness (QED) is 0.641. The Hall–Kier alpha value is -2.56. The first-order chi connectivity index (χ1) is 12.2. The molecule has 0 aliphatic rings. The molecule has 1 aromatic carbocycles. The number of fused-ring (bicyclic) bond motifs is 1. The zero-order valence-electron chi connectivity index (χ0n) is 14.9. The highest BCUT2D eigenvalue weighted by Crippen LogP contribution is 2.31. The average Bonchev–Trinajstić information content (AvgIpc) is 3.19. The first-order valence-corrected chi connectivity index (χ1v) is 9.05. The highest BCUT2D eigenvalue weighted by Gasteiger charge is 2.18. The molecule has 0 aliphatic heterocycles. The molecule has 0 aliphatic carbocycles. The maximum absolute atomic E-state index is 11.4. The van der Waals surface area contributed by atoms with Crippen LogP contribution in [0.3, 0.4) is 0 Å². The molecule has 1 N–H and O–H groups in total. The van der Waals surface area contributed by atoms with Crippen LogP contribution in [0.2, 0.25) is 0 Å². The van der Waals surface area contributed by atoms with Gasteiger partial charge in [0, 0.05) is 35.8 Å². The van der Waals surface area contributed by atoms with Gasteiger partial charge in [-0.05, 0) is 25.0 Å². The second-order valence-electron chi connectivity index (χ2n) is 6.40. The predicted molar refractivity (Wildman–Crippen MR) is 99.9 cm³/mol. The van der Waals surface area contributed by atoms with Crippen molar-refractivity contribution >= 4 is 16.9 Å². The zero-order chi connectivity index (χ0) is 17.8. The van der Waals surface area contributed by atoms with Crippen molar-refractivity contribution in [3.8, 4) is 11.3 Å². The molecule has 5 heteroatoms. The predicted octanol–water partition coefficient (Wildman–Crippen LogP) is 4.80. The Morgan fingerprint density at radius 2 is 1.84 bits per heavy atom. The van der Waals surface area contributed by atoms with Gasteiger partial charge in [-0.2, -0.15) is 5.10 Å². The standard InChI is InChI=1S/C20H25N3O2/c1-3-5-11-22-14-16(15-9-7-8-10-18(15)22)19-13-17(20(24)25)21-23(19)12-6-4-2/h7-10,13-14H,3-6,11-12H2,1-2H3,(H,24,25). The van der Waals surface area contributed by atoms with Crippen LogP contribution in [0, 0.1) is 0 Å². The molecule has 0 radical (unpaired) electrons. The molecule has 132 valence electrons. The minimum absolute atomic E-state index is 0.108. The largest absolute Gasteiger partial charge is 0.476 e. The van der Waals surface area contributed by atoms with Gasteiger partial charge < -0.3 is 9.67 Å². The monoisotopic (exact) mass is 339 g/mol. The summed E-state index contributed by atoms with van der Waals surface area (Å²) in [6.45, 7) is 6.00. The second-order valence-corrected chi connectivity index (χ2v) is 6.40. The van der Waals surface area contributed by atoms with Gasteiger partial charge in [0.1, 0.15) is 0 Å². The molecule has 0 atom stereocenters. The van der Waals surface area contributed by atoms with E-state index in [1.165, 1.54) is 5.52 Å².